The van der Waals surface area contributed by atoms with Crippen LogP contribution < -0.4 is 5.32 Å². The van der Waals surface area contributed by atoms with Crippen LogP contribution in [0.1, 0.15) is 18.1 Å². The molecule has 2 rings (SSSR count). The molecule has 0 fully saturated rings. The smallest absolute Gasteiger partial charge is 0.330 e. The van der Waals surface area contributed by atoms with Gasteiger partial charge in [-0.3, -0.25) is 4.79 Å². The van der Waals surface area contributed by atoms with E-state index < -0.39 is 0 Å². The summed E-state index contributed by atoms with van der Waals surface area (Å²) in [5, 5.41) is 2.78. The highest BCUT2D eigenvalue weighted by molar-refractivity contribution is 6.02. The monoisotopic (exact) mass is 321 g/mol. The summed E-state index contributed by atoms with van der Waals surface area (Å²) >= 11 is 0. The van der Waals surface area contributed by atoms with Gasteiger partial charge in [-0.15, -0.1) is 0 Å². The maximum absolute atomic E-state index is 11.9. The van der Waals surface area contributed by atoms with E-state index in [1.165, 1.54) is 12.2 Å². The number of rotatable bonds is 6. The molecule has 0 spiro atoms. The molecule has 2 aromatic rings. The largest absolute Gasteiger partial charge is 0.463 e. The Balaban J connectivity index is 1.90. The van der Waals surface area contributed by atoms with Gasteiger partial charge < -0.3 is 10.1 Å². The summed E-state index contributed by atoms with van der Waals surface area (Å²) in [6, 6.07) is 16.8. The van der Waals surface area contributed by atoms with E-state index in [9.17, 15) is 9.59 Å². The third kappa shape index (κ3) is 5.93. The highest BCUT2D eigenvalue weighted by Crippen LogP contribution is 2.11. The quantitative estimate of drug-likeness (QED) is 0.648. The number of hydrogen-bond acceptors (Lipinski definition) is 3. The van der Waals surface area contributed by atoms with Crippen LogP contribution in [0.3, 0.4) is 0 Å². The second kappa shape index (κ2) is 9.10. The molecule has 1 N–H and O–H groups in total. The van der Waals surface area contributed by atoms with Gasteiger partial charge >= 0.3 is 5.97 Å². The molecule has 0 aliphatic carbocycles. The molecule has 0 atom stereocenters. The van der Waals surface area contributed by atoms with Crippen LogP contribution in [-0.4, -0.2) is 18.5 Å². The molecule has 2 aromatic carbocycles. The molecule has 0 aliphatic heterocycles. The first kappa shape index (κ1) is 17.2. The van der Waals surface area contributed by atoms with E-state index in [0.717, 1.165) is 11.1 Å². The Morgan fingerprint density at radius 2 is 1.54 bits per heavy atom. The minimum absolute atomic E-state index is 0.200. The van der Waals surface area contributed by atoms with Gasteiger partial charge in [-0.25, -0.2) is 4.79 Å². The zero-order valence-corrected chi connectivity index (χ0v) is 13.4. The lowest BCUT2D eigenvalue weighted by Gasteiger charge is -2.02. The molecule has 0 saturated carbocycles. The molecule has 0 bridgehead atoms. The summed E-state index contributed by atoms with van der Waals surface area (Å²) in [5.41, 5.74) is 2.50. The van der Waals surface area contributed by atoms with Crippen LogP contribution in [0.25, 0.3) is 12.2 Å². The standard InChI is InChI=1S/C20H19NO3/c1-2-24-20(23)15-11-17-8-12-18(13-9-17)21-19(22)14-10-16-6-4-3-5-7-16/h3-15H,2H2,1H3,(H,21,22)/b14-10+,15-11+. The van der Waals surface area contributed by atoms with Crippen LogP contribution >= 0.6 is 0 Å². The van der Waals surface area contributed by atoms with Crippen molar-refractivity contribution in [3.63, 3.8) is 0 Å². The topological polar surface area (TPSA) is 55.4 Å². The number of benzene rings is 2. The van der Waals surface area contributed by atoms with Crippen LogP contribution in [0.2, 0.25) is 0 Å². The van der Waals surface area contributed by atoms with Crippen LogP contribution in [0, 0.1) is 0 Å². The molecule has 0 aromatic heterocycles. The Hall–Kier alpha value is -3.14. The Kier molecular flexibility index (Phi) is 6.53. The maximum atomic E-state index is 11.9. The summed E-state index contributed by atoms with van der Waals surface area (Å²) in [6.07, 6.45) is 6.29. The van der Waals surface area contributed by atoms with Crippen LogP contribution in [0.15, 0.2) is 66.7 Å². The van der Waals surface area contributed by atoms with Crippen molar-refractivity contribution in [1.29, 1.82) is 0 Å². The Labute approximate surface area is 141 Å². The van der Waals surface area contributed by atoms with Crippen molar-refractivity contribution in [3.05, 3.63) is 77.9 Å². The van der Waals surface area contributed by atoms with Crippen molar-refractivity contribution in [2.75, 3.05) is 11.9 Å². The highest BCUT2D eigenvalue weighted by atomic mass is 16.5. The number of carbonyl (C=O) groups excluding carboxylic acids is 2. The average Bonchev–Trinajstić information content (AvgIpc) is 2.60. The second-order valence-corrected chi connectivity index (χ2v) is 4.94. The molecule has 0 saturated heterocycles. The fourth-order valence-corrected chi connectivity index (χ4v) is 1.95. The lowest BCUT2D eigenvalue weighted by Crippen LogP contribution is -2.07. The van der Waals surface area contributed by atoms with Gasteiger partial charge in [0, 0.05) is 17.8 Å². The molecule has 0 radical (unpaired) electrons. The van der Waals surface area contributed by atoms with E-state index in [1.807, 2.05) is 42.5 Å². The zero-order chi connectivity index (χ0) is 17.2. The van der Waals surface area contributed by atoms with E-state index in [-0.39, 0.29) is 11.9 Å². The second-order valence-electron chi connectivity index (χ2n) is 4.94. The highest BCUT2D eigenvalue weighted by Gasteiger charge is 1.98. The average molecular weight is 321 g/mol. The Morgan fingerprint density at radius 1 is 0.917 bits per heavy atom. The van der Waals surface area contributed by atoms with Crippen molar-refractivity contribution in [2.24, 2.45) is 0 Å². The molecule has 24 heavy (non-hydrogen) atoms. The van der Waals surface area contributed by atoms with E-state index >= 15 is 0 Å². The van der Waals surface area contributed by atoms with Crippen molar-refractivity contribution in [2.45, 2.75) is 6.92 Å². The van der Waals surface area contributed by atoms with Gasteiger partial charge in [0.2, 0.25) is 5.91 Å². The van der Waals surface area contributed by atoms with E-state index in [2.05, 4.69) is 5.32 Å². The fraction of sp³-hybridized carbons (Fsp3) is 0.100. The third-order valence-corrected chi connectivity index (χ3v) is 3.10. The minimum atomic E-state index is -0.374. The van der Waals surface area contributed by atoms with Gasteiger partial charge in [-0.05, 0) is 42.3 Å². The molecule has 0 unspecified atom stereocenters. The van der Waals surface area contributed by atoms with Crippen molar-refractivity contribution in [3.8, 4) is 0 Å². The summed E-state index contributed by atoms with van der Waals surface area (Å²) in [6.45, 7) is 2.11. The molecular formula is C20H19NO3. The van der Waals surface area contributed by atoms with Crippen molar-refractivity contribution >= 4 is 29.7 Å². The first-order valence-electron chi connectivity index (χ1n) is 7.66. The Bertz CT molecular complexity index is 731. The number of anilines is 1. The molecule has 4 nitrogen and oxygen atoms in total. The lowest BCUT2D eigenvalue weighted by atomic mass is 10.2. The summed E-state index contributed by atoms with van der Waals surface area (Å²) < 4.78 is 4.81. The predicted octanol–water partition coefficient (Wildman–Crippen LogP) is 3.91. The number of ether oxygens (including phenoxy) is 1. The number of amides is 1. The first-order valence-corrected chi connectivity index (χ1v) is 7.66. The van der Waals surface area contributed by atoms with Gasteiger partial charge in [0.15, 0.2) is 0 Å². The Morgan fingerprint density at radius 3 is 2.21 bits per heavy atom. The third-order valence-electron chi connectivity index (χ3n) is 3.10. The molecule has 4 heteroatoms. The van der Waals surface area contributed by atoms with E-state index in [4.69, 9.17) is 4.74 Å². The lowest BCUT2D eigenvalue weighted by molar-refractivity contribution is -0.137. The van der Waals surface area contributed by atoms with Crippen LogP contribution in [0.5, 0.6) is 0 Å². The summed E-state index contributed by atoms with van der Waals surface area (Å²) in [5.74, 6) is -0.574. The van der Waals surface area contributed by atoms with Gasteiger partial charge in [0.1, 0.15) is 0 Å². The van der Waals surface area contributed by atoms with Crippen LogP contribution in [0.4, 0.5) is 5.69 Å². The van der Waals surface area contributed by atoms with E-state index in [1.54, 1.807) is 31.2 Å². The van der Waals surface area contributed by atoms with Gasteiger partial charge in [-0.2, -0.15) is 0 Å². The summed E-state index contributed by atoms with van der Waals surface area (Å²) in [7, 11) is 0. The van der Waals surface area contributed by atoms with Gasteiger partial charge in [-0.1, -0.05) is 42.5 Å². The van der Waals surface area contributed by atoms with Crippen molar-refractivity contribution < 1.29 is 14.3 Å². The maximum Gasteiger partial charge on any atom is 0.330 e. The SMILES string of the molecule is CCOC(=O)/C=C/c1ccc(NC(=O)/C=C/c2ccccc2)cc1. The number of hydrogen-bond donors (Lipinski definition) is 1. The number of nitrogens with one attached hydrogen (secondary N) is 1. The normalized spacial score (nSPS) is 10.9. The molecule has 0 aliphatic rings. The minimum Gasteiger partial charge on any atom is -0.463 e. The fourth-order valence-electron chi connectivity index (χ4n) is 1.95. The van der Waals surface area contributed by atoms with Gasteiger partial charge in [0.25, 0.3) is 0 Å². The molecule has 1 amide bonds. The number of esters is 1. The van der Waals surface area contributed by atoms with Crippen LogP contribution in [-0.2, 0) is 14.3 Å². The van der Waals surface area contributed by atoms with E-state index in [0.29, 0.717) is 12.3 Å². The predicted molar refractivity (Wildman–Crippen MR) is 96.2 cm³/mol. The molecular weight excluding hydrogens is 302 g/mol. The van der Waals surface area contributed by atoms with Crippen molar-refractivity contribution in [1.82, 2.24) is 0 Å². The summed E-state index contributed by atoms with van der Waals surface area (Å²) in [4.78, 5) is 23.1. The molecule has 122 valence electrons. The first-order chi connectivity index (χ1) is 11.7. The number of carbonyl (C=O) groups is 2. The molecule has 0 heterocycles. The van der Waals surface area contributed by atoms with Gasteiger partial charge in [0.05, 0.1) is 6.61 Å². The zero-order valence-electron chi connectivity index (χ0n) is 13.4.